The van der Waals surface area contributed by atoms with E-state index in [0.29, 0.717) is 18.0 Å². The fourth-order valence-corrected chi connectivity index (χ4v) is 3.31. The average Bonchev–Trinajstić information content (AvgIpc) is 2.38. The predicted octanol–water partition coefficient (Wildman–Crippen LogP) is 1.29. The summed E-state index contributed by atoms with van der Waals surface area (Å²) in [5.74, 6) is 0.319. The van der Waals surface area contributed by atoms with E-state index in [1.54, 1.807) is 19.1 Å². The number of nitrogens with two attached hydrogens (primary N) is 1. The maximum atomic E-state index is 12.5. The number of nitrogens with one attached hydrogen (secondary N) is 1. The van der Waals surface area contributed by atoms with Gasteiger partial charge >= 0.3 is 0 Å². The van der Waals surface area contributed by atoms with E-state index in [1.807, 2.05) is 25.9 Å². The third-order valence-corrected chi connectivity index (χ3v) is 4.53. The molecule has 0 amide bonds. The number of rotatable bonds is 8. The van der Waals surface area contributed by atoms with Crippen molar-refractivity contribution in [3.63, 3.8) is 0 Å². The van der Waals surface area contributed by atoms with Crippen LogP contribution in [0.25, 0.3) is 0 Å². The van der Waals surface area contributed by atoms with Crippen LogP contribution in [0, 0.1) is 0 Å². The molecule has 1 aromatic rings. The van der Waals surface area contributed by atoms with Gasteiger partial charge in [-0.15, -0.1) is 0 Å². The summed E-state index contributed by atoms with van der Waals surface area (Å²) >= 11 is 0. The standard InChI is InChI=1S/C14H25N3O3S/c1-5-20-13-7-6-12(15)10-14(13)21(18,19)16-11(2)8-9-17(3)4/h6-7,10-11,16H,5,8-9,15H2,1-4H3. The first-order valence-corrected chi connectivity index (χ1v) is 8.44. The Morgan fingerprint density at radius 2 is 2.05 bits per heavy atom. The predicted molar refractivity (Wildman–Crippen MR) is 85.0 cm³/mol. The van der Waals surface area contributed by atoms with Crippen molar-refractivity contribution < 1.29 is 13.2 Å². The van der Waals surface area contributed by atoms with Crippen LogP contribution in [-0.2, 0) is 10.0 Å². The molecule has 1 atom stereocenters. The number of hydrogen-bond acceptors (Lipinski definition) is 5. The van der Waals surface area contributed by atoms with Gasteiger partial charge in [-0.25, -0.2) is 13.1 Å². The van der Waals surface area contributed by atoms with Gasteiger partial charge in [0, 0.05) is 11.7 Å². The average molecular weight is 315 g/mol. The van der Waals surface area contributed by atoms with Gasteiger partial charge in [0.25, 0.3) is 0 Å². The lowest BCUT2D eigenvalue weighted by molar-refractivity contribution is 0.330. The molecule has 0 radical (unpaired) electrons. The lowest BCUT2D eigenvalue weighted by atomic mass is 10.2. The third kappa shape index (κ3) is 5.53. The highest BCUT2D eigenvalue weighted by Crippen LogP contribution is 2.26. The number of nitrogens with zero attached hydrogens (tertiary/aromatic N) is 1. The van der Waals surface area contributed by atoms with Gasteiger partial charge in [0.2, 0.25) is 10.0 Å². The van der Waals surface area contributed by atoms with E-state index in [4.69, 9.17) is 10.5 Å². The summed E-state index contributed by atoms with van der Waals surface area (Å²) in [6.45, 7) is 4.84. The molecule has 120 valence electrons. The Hall–Kier alpha value is -1.31. The van der Waals surface area contributed by atoms with Crippen molar-refractivity contribution in [1.82, 2.24) is 9.62 Å². The maximum Gasteiger partial charge on any atom is 0.244 e. The van der Waals surface area contributed by atoms with Crippen molar-refractivity contribution in [3.8, 4) is 5.75 Å². The fraction of sp³-hybridized carbons (Fsp3) is 0.571. The molecule has 0 aliphatic heterocycles. The lowest BCUT2D eigenvalue weighted by Gasteiger charge is -2.18. The van der Waals surface area contributed by atoms with E-state index in [1.165, 1.54) is 6.07 Å². The zero-order chi connectivity index (χ0) is 16.0. The molecule has 0 fully saturated rings. The smallest absolute Gasteiger partial charge is 0.244 e. The normalized spacial score (nSPS) is 13.4. The molecule has 6 nitrogen and oxygen atoms in total. The van der Waals surface area contributed by atoms with Gasteiger partial charge in [0.05, 0.1) is 6.61 Å². The first-order chi connectivity index (χ1) is 9.76. The first-order valence-electron chi connectivity index (χ1n) is 6.95. The van der Waals surface area contributed by atoms with Crippen LogP contribution in [0.15, 0.2) is 23.1 Å². The molecule has 7 heteroatoms. The zero-order valence-corrected chi connectivity index (χ0v) is 13.9. The minimum Gasteiger partial charge on any atom is -0.492 e. The molecule has 1 aromatic carbocycles. The molecular formula is C14H25N3O3S. The van der Waals surface area contributed by atoms with Crippen molar-refractivity contribution >= 4 is 15.7 Å². The van der Waals surface area contributed by atoms with Crippen LogP contribution < -0.4 is 15.2 Å². The third-order valence-electron chi connectivity index (χ3n) is 2.92. The second-order valence-corrected chi connectivity index (χ2v) is 6.94. The highest BCUT2D eigenvalue weighted by atomic mass is 32.2. The van der Waals surface area contributed by atoms with E-state index in [2.05, 4.69) is 4.72 Å². The van der Waals surface area contributed by atoms with Gasteiger partial charge in [-0.2, -0.15) is 0 Å². The Morgan fingerprint density at radius 3 is 2.62 bits per heavy atom. The van der Waals surface area contributed by atoms with E-state index < -0.39 is 10.0 Å². The van der Waals surface area contributed by atoms with Gasteiger partial charge in [0.15, 0.2) is 0 Å². The van der Waals surface area contributed by atoms with Crippen LogP contribution in [0.3, 0.4) is 0 Å². The summed E-state index contributed by atoms with van der Waals surface area (Å²) in [5.41, 5.74) is 6.08. The number of benzene rings is 1. The van der Waals surface area contributed by atoms with Crippen LogP contribution in [0.2, 0.25) is 0 Å². The second-order valence-electron chi connectivity index (χ2n) is 5.25. The molecule has 0 heterocycles. The Bertz CT molecular complexity index is 559. The van der Waals surface area contributed by atoms with Gasteiger partial charge in [-0.3, -0.25) is 0 Å². The topological polar surface area (TPSA) is 84.7 Å². The molecule has 0 aromatic heterocycles. The van der Waals surface area contributed by atoms with Crippen molar-refractivity contribution in [3.05, 3.63) is 18.2 Å². The molecular weight excluding hydrogens is 290 g/mol. The SMILES string of the molecule is CCOc1ccc(N)cc1S(=O)(=O)NC(C)CCN(C)C. The highest BCUT2D eigenvalue weighted by molar-refractivity contribution is 7.89. The Labute approximate surface area is 127 Å². The molecule has 0 aliphatic carbocycles. The molecule has 0 aliphatic rings. The second kappa shape index (κ2) is 7.63. The summed E-state index contributed by atoms with van der Waals surface area (Å²) in [6.07, 6.45) is 0.721. The van der Waals surface area contributed by atoms with Gasteiger partial charge in [-0.1, -0.05) is 0 Å². The number of ether oxygens (including phenoxy) is 1. The van der Waals surface area contributed by atoms with Gasteiger partial charge in [0.1, 0.15) is 10.6 Å². The first kappa shape index (κ1) is 17.7. The Balaban J connectivity index is 2.94. The number of hydrogen-bond donors (Lipinski definition) is 2. The molecule has 0 spiro atoms. The monoisotopic (exact) mass is 315 g/mol. The van der Waals surface area contributed by atoms with Crippen LogP contribution in [0.4, 0.5) is 5.69 Å². The molecule has 3 N–H and O–H groups in total. The van der Waals surface area contributed by atoms with Crippen LogP contribution >= 0.6 is 0 Å². The molecule has 0 saturated heterocycles. The van der Waals surface area contributed by atoms with Crippen LogP contribution in [-0.4, -0.2) is 46.6 Å². The van der Waals surface area contributed by atoms with E-state index in [9.17, 15) is 8.42 Å². The van der Waals surface area contributed by atoms with Crippen molar-refractivity contribution in [2.45, 2.75) is 31.2 Å². The largest absolute Gasteiger partial charge is 0.492 e. The zero-order valence-electron chi connectivity index (χ0n) is 13.1. The van der Waals surface area contributed by atoms with Crippen LogP contribution in [0.5, 0.6) is 5.75 Å². The molecule has 1 rings (SSSR count). The fourth-order valence-electron chi connectivity index (χ4n) is 1.85. The molecule has 0 bridgehead atoms. The number of anilines is 1. The summed E-state index contributed by atoms with van der Waals surface area (Å²) < 4.78 is 33.0. The number of nitrogen functional groups attached to an aromatic ring is 1. The summed E-state index contributed by atoms with van der Waals surface area (Å²) in [6, 6.07) is 4.46. The summed E-state index contributed by atoms with van der Waals surface area (Å²) in [7, 11) is 0.245. The summed E-state index contributed by atoms with van der Waals surface area (Å²) in [5, 5.41) is 0. The summed E-state index contributed by atoms with van der Waals surface area (Å²) in [4.78, 5) is 2.10. The van der Waals surface area contributed by atoms with E-state index >= 15 is 0 Å². The quantitative estimate of drug-likeness (QED) is 0.706. The minimum atomic E-state index is -3.66. The van der Waals surface area contributed by atoms with Crippen molar-refractivity contribution in [2.75, 3.05) is 33.0 Å². The van der Waals surface area contributed by atoms with Crippen LogP contribution in [0.1, 0.15) is 20.3 Å². The maximum absolute atomic E-state index is 12.5. The van der Waals surface area contributed by atoms with Crippen molar-refractivity contribution in [2.24, 2.45) is 0 Å². The lowest BCUT2D eigenvalue weighted by Crippen LogP contribution is -2.35. The van der Waals surface area contributed by atoms with Crippen molar-refractivity contribution in [1.29, 1.82) is 0 Å². The van der Waals surface area contributed by atoms with E-state index in [0.717, 1.165) is 13.0 Å². The van der Waals surface area contributed by atoms with E-state index in [-0.39, 0.29) is 10.9 Å². The molecule has 0 saturated carbocycles. The molecule has 21 heavy (non-hydrogen) atoms. The van der Waals surface area contributed by atoms with Gasteiger partial charge in [-0.05, 0) is 59.1 Å². The molecule has 1 unspecified atom stereocenters. The number of sulfonamides is 1. The Morgan fingerprint density at radius 1 is 1.38 bits per heavy atom. The Kier molecular flexibility index (Phi) is 6.44. The van der Waals surface area contributed by atoms with Gasteiger partial charge < -0.3 is 15.4 Å². The highest BCUT2D eigenvalue weighted by Gasteiger charge is 2.22. The minimum absolute atomic E-state index is 0.0843.